The highest BCUT2D eigenvalue weighted by atomic mass is 19.1. The molecule has 0 heterocycles. The second-order valence-corrected chi connectivity index (χ2v) is 1.30. The van der Waals surface area contributed by atoms with Crippen molar-refractivity contribution in [3.8, 4) is 0 Å². The summed E-state index contributed by atoms with van der Waals surface area (Å²) in [6.45, 7) is 1.12. The molecule has 0 aliphatic heterocycles. The van der Waals surface area contributed by atoms with Gasteiger partial charge in [-0.3, -0.25) is 0 Å². The lowest BCUT2D eigenvalue weighted by Crippen LogP contribution is -2.19. The molecule has 0 aliphatic carbocycles. The van der Waals surface area contributed by atoms with Gasteiger partial charge in [-0.05, 0) is 6.92 Å². The Morgan fingerprint density at radius 3 is 2.29 bits per heavy atom. The lowest BCUT2D eigenvalue weighted by atomic mass is 10.3. The van der Waals surface area contributed by atoms with Crippen molar-refractivity contribution < 1.29 is 14.3 Å². The molecule has 0 saturated carbocycles. The molecule has 0 aromatic carbocycles. The first-order valence-electron chi connectivity index (χ1n) is 1.96. The van der Waals surface area contributed by atoms with E-state index >= 15 is 0 Å². The van der Waals surface area contributed by atoms with Crippen LogP contribution in [-0.2, 0) is 4.79 Å². The maximum Gasteiger partial charge on any atom is 0.151 e. The van der Waals surface area contributed by atoms with Crippen molar-refractivity contribution >= 4 is 6.29 Å². The molecule has 3 heteroatoms. The fraction of sp³-hybridized carbons (Fsp3) is 0.750. The first-order valence-corrected chi connectivity index (χ1v) is 1.96. The summed E-state index contributed by atoms with van der Waals surface area (Å²) in [6, 6.07) is 0. The van der Waals surface area contributed by atoms with Crippen molar-refractivity contribution in [2.24, 2.45) is 0 Å². The van der Waals surface area contributed by atoms with Gasteiger partial charge in [-0.2, -0.15) is 0 Å². The Bertz CT molecular complexity index is 62.7. The van der Waals surface area contributed by atoms with E-state index < -0.39 is 12.3 Å². The van der Waals surface area contributed by atoms with E-state index in [1.807, 2.05) is 0 Å². The number of carbonyl (C=O) groups is 1. The van der Waals surface area contributed by atoms with E-state index in [2.05, 4.69) is 0 Å². The molecule has 0 rings (SSSR count). The number of aliphatic hydroxyl groups is 1. The fourth-order valence-electron chi connectivity index (χ4n) is 0.108. The van der Waals surface area contributed by atoms with Crippen molar-refractivity contribution in [3.05, 3.63) is 0 Å². The van der Waals surface area contributed by atoms with E-state index in [0.717, 1.165) is 6.92 Å². The molecule has 0 amide bonds. The highest BCUT2D eigenvalue weighted by Gasteiger charge is 2.08. The van der Waals surface area contributed by atoms with E-state index in [4.69, 9.17) is 5.11 Å². The number of aliphatic hydroxyl groups excluding tert-OH is 1. The standard InChI is InChI=1S/C4H7FO2/c1-3(5)4(7)2-6/h2-4,7H,1H3. The Balaban J connectivity index is 3.33. The van der Waals surface area contributed by atoms with Gasteiger partial charge in [0.25, 0.3) is 0 Å². The van der Waals surface area contributed by atoms with Crippen molar-refractivity contribution in [3.63, 3.8) is 0 Å². The van der Waals surface area contributed by atoms with Gasteiger partial charge in [0.1, 0.15) is 12.3 Å². The zero-order valence-corrected chi connectivity index (χ0v) is 3.97. The minimum Gasteiger partial charge on any atom is -0.383 e. The third-order valence-corrected chi connectivity index (χ3v) is 0.610. The van der Waals surface area contributed by atoms with Crippen molar-refractivity contribution in [2.45, 2.75) is 19.2 Å². The van der Waals surface area contributed by atoms with Gasteiger partial charge in [0.05, 0.1) is 0 Å². The van der Waals surface area contributed by atoms with E-state index in [-0.39, 0.29) is 6.29 Å². The first-order chi connectivity index (χ1) is 3.18. The molecule has 0 aromatic rings. The van der Waals surface area contributed by atoms with Crippen LogP contribution in [0.3, 0.4) is 0 Å². The number of halogens is 1. The van der Waals surface area contributed by atoms with Crippen molar-refractivity contribution in [1.82, 2.24) is 0 Å². The van der Waals surface area contributed by atoms with E-state index in [9.17, 15) is 9.18 Å². The fourth-order valence-corrected chi connectivity index (χ4v) is 0.108. The molecule has 2 nitrogen and oxygen atoms in total. The van der Waals surface area contributed by atoms with Crippen LogP contribution in [0.15, 0.2) is 0 Å². The van der Waals surface area contributed by atoms with Gasteiger partial charge in [-0.1, -0.05) is 0 Å². The molecule has 0 saturated heterocycles. The second kappa shape index (κ2) is 2.69. The lowest BCUT2D eigenvalue weighted by molar-refractivity contribution is -0.117. The number of carbonyl (C=O) groups excluding carboxylic acids is 1. The quantitative estimate of drug-likeness (QED) is 0.499. The third kappa shape index (κ3) is 2.28. The van der Waals surface area contributed by atoms with Gasteiger partial charge >= 0.3 is 0 Å². The summed E-state index contributed by atoms with van der Waals surface area (Å²) >= 11 is 0. The van der Waals surface area contributed by atoms with Crippen LogP contribution in [0.2, 0.25) is 0 Å². The molecule has 0 radical (unpaired) electrons. The van der Waals surface area contributed by atoms with Gasteiger partial charge in [0.2, 0.25) is 0 Å². The molecule has 2 unspecified atom stereocenters. The van der Waals surface area contributed by atoms with Crippen LogP contribution in [-0.4, -0.2) is 23.7 Å². The maximum atomic E-state index is 11.6. The monoisotopic (exact) mass is 106 g/mol. The van der Waals surface area contributed by atoms with Crippen LogP contribution in [0.25, 0.3) is 0 Å². The van der Waals surface area contributed by atoms with E-state index in [0.29, 0.717) is 0 Å². The lowest BCUT2D eigenvalue weighted by Gasteiger charge is -1.99. The normalized spacial score (nSPS) is 18.1. The summed E-state index contributed by atoms with van der Waals surface area (Å²) in [5.74, 6) is 0. The minimum absolute atomic E-state index is 0.171. The number of hydrogen-bond acceptors (Lipinski definition) is 2. The molecule has 0 spiro atoms. The highest BCUT2D eigenvalue weighted by Crippen LogP contribution is 1.91. The predicted molar refractivity (Wildman–Crippen MR) is 22.6 cm³/mol. The average Bonchev–Trinajstić information content (AvgIpc) is 1.65. The topological polar surface area (TPSA) is 37.3 Å². The second-order valence-electron chi connectivity index (χ2n) is 1.30. The average molecular weight is 106 g/mol. The van der Waals surface area contributed by atoms with Crippen LogP contribution in [0.4, 0.5) is 4.39 Å². The predicted octanol–water partition coefficient (Wildman–Crippen LogP) is -0.0958. The molecule has 0 aliphatic rings. The van der Waals surface area contributed by atoms with E-state index in [1.54, 1.807) is 0 Å². The molecule has 2 atom stereocenters. The summed E-state index contributed by atoms with van der Waals surface area (Å²) in [5, 5.41) is 8.19. The summed E-state index contributed by atoms with van der Waals surface area (Å²) in [4.78, 5) is 9.46. The zero-order valence-electron chi connectivity index (χ0n) is 3.97. The molecular formula is C4H7FO2. The summed E-state index contributed by atoms with van der Waals surface area (Å²) in [6.07, 6.45) is -2.72. The Labute approximate surface area is 41.0 Å². The molecular weight excluding hydrogens is 99.0 g/mol. The van der Waals surface area contributed by atoms with Gasteiger partial charge in [-0.25, -0.2) is 4.39 Å². The first kappa shape index (κ1) is 6.56. The highest BCUT2D eigenvalue weighted by molar-refractivity contribution is 5.56. The molecule has 0 fully saturated rings. The smallest absolute Gasteiger partial charge is 0.151 e. The Kier molecular flexibility index (Phi) is 2.52. The van der Waals surface area contributed by atoms with Gasteiger partial charge in [-0.15, -0.1) is 0 Å². The molecule has 7 heavy (non-hydrogen) atoms. The summed E-state index contributed by atoms with van der Waals surface area (Å²) in [5.41, 5.74) is 0. The number of hydrogen-bond donors (Lipinski definition) is 1. The van der Waals surface area contributed by atoms with Crippen LogP contribution >= 0.6 is 0 Å². The van der Waals surface area contributed by atoms with Gasteiger partial charge in [0, 0.05) is 0 Å². The Morgan fingerprint density at radius 2 is 2.29 bits per heavy atom. The van der Waals surface area contributed by atoms with Crippen LogP contribution in [0.1, 0.15) is 6.92 Å². The third-order valence-electron chi connectivity index (χ3n) is 0.610. The molecule has 1 N–H and O–H groups in total. The number of rotatable bonds is 2. The SMILES string of the molecule is CC(F)C(O)C=O. The Hall–Kier alpha value is -0.440. The molecule has 42 valence electrons. The maximum absolute atomic E-state index is 11.6. The molecule has 0 aromatic heterocycles. The summed E-state index contributed by atoms with van der Waals surface area (Å²) in [7, 11) is 0. The van der Waals surface area contributed by atoms with Gasteiger partial charge < -0.3 is 9.90 Å². The summed E-state index contributed by atoms with van der Waals surface area (Å²) < 4.78 is 11.6. The molecule has 0 bridgehead atoms. The Morgan fingerprint density at radius 1 is 1.86 bits per heavy atom. The minimum atomic E-state index is -1.45. The van der Waals surface area contributed by atoms with Crippen molar-refractivity contribution in [1.29, 1.82) is 0 Å². The van der Waals surface area contributed by atoms with Crippen molar-refractivity contribution in [2.75, 3.05) is 0 Å². The number of aldehydes is 1. The van der Waals surface area contributed by atoms with E-state index in [1.165, 1.54) is 0 Å². The van der Waals surface area contributed by atoms with Gasteiger partial charge in [0.15, 0.2) is 6.29 Å². The van der Waals surface area contributed by atoms with Crippen LogP contribution < -0.4 is 0 Å². The van der Waals surface area contributed by atoms with Crippen LogP contribution in [0.5, 0.6) is 0 Å². The van der Waals surface area contributed by atoms with Crippen LogP contribution in [0, 0.1) is 0 Å². The zero-order chi connectivity index (χ0) is 5.86. The largest absolute Gasteiger partial charge is 0.383 e. The number of alkyl halides is 1.